The normalized spacial score (nSPS) is 12.7. The van der Waals surface area contributed by atoms with Gasteiger partial charge in [0.15, 0.2) is 0 Å². The molecule has 0 radical (unpaired) electrons. The van der Waals surface area contributed by atoms with Gasteiger partial charge in [0.05, 0.1) is 11.8 Å². The molecule has 1 unspecified atom stereocenters. The molecule has 3 heteroatoms. The van der Waals surface area contributed by atoms with Gasteiger partial charge in [-0.25, -0.2) is 0 Å². The molecule has 0 saturated carbocycles. The molecule has 1 aromatic carbocycles. The third-order valence-corrected chi connectivity index (χ3v) is 3.15. The van der Waals surface area contributed by atoms with Crippen LogP contribution in [-0.4, -0.2) is 14.9 Å². The SMILES string of the molecule is CCn1nc(C)cc1CC(O)c1ccc(C)cc1. The van der Waals surface area contributed by atoms with Crippen molar-refractivity contribution in [2.24, 2.45) is 0 Å². The fourth-order valence-corrected chi connectivity index (χ4v) is 2.14. The monoisotopic (exact) mass is 244 g/mol. The Hall–Kier alpha value is -1.61. The van der Waals surface area contributed by atoms with Crippen LogP contribution in [0.5, 0.6) is 0 Å². The molecule has 1 heterocycles. The van der Waals surface area contributed by atoms with E-state index in [4.69, 9.17) is 0 Å². The molecule has 0 spiro atoms. The Bertz CT molecular complexity index is 514. The molecule has 1 N–H and O–H groups in total. The van der Waals surface area contributed by atoms with E-state index in [0.29, 0.717) is 6.42 Å². The highest BCUT2D eigenvalue weighted by atomic mass is 16.3. The summed E-state index contributed by atoms with van der Waals surface area (Å²) in [5.74, 6) is 0. The van der Waals surface area contributed by atoms with Gasteiger partial charge in [-0.05, 0) is 32.4 Å². The molecular formula is C15H20N2O. The summed E-state index contributed by atoms with van der Waals surface area (Å²) in [6.45, 7) is 6.93. The molecule has 1 aromatic heterocycles. The zero-order valence-corrected chi connectivity index (χ0v) is 11.2. The summed E-state index contributed by atoms with van der Waals surface area (Å²) in [5, 5.41) is 14.6. The molecule has 2 rings (SSSR count). The zero-order valence-electron chi connectivity index (χ0n) is 11.2. The van der Waals surface area contributed by atoms with Crippen LogP contribution in [0.3, 0.4) is 0 Å². The van der Waals surface area contributed by atoms with Crippen LogP contribution in [0.2, 0.25) is 0 Å². The molecule has 0 aliphatic heterocycles. The molecule has 0 bridgehead atoms. The first-order valence-electron chi connectivity index (χ1n) is 6.38. The third kappa shape index (κ3) is 2.79. The number of aryl methyl sites for hydroxylation is 3. The van der Waals surface area contributed by atoms with E-state index in [1.165, 1.54) is 5.56 Å². The molecule has 3 nitrogen and oxygen atoms in total. The van der Waals surface area contributed by atoms with Gasteiger partial charge in [-0.2, -0.15) is 5.10 Å². The molecule has 1 atom stereocenters. The highest BCUT2D eigenvalue weighted by Gasteiger charge is 2.12. The first kappa shape index (κ1) is 12.8. The van der Waals surface area contributed by atoms with E-state index in [1.54, 1.807) is 0 Å². The van der Waals surface area contributed by atoms with Gasteiger partial charge in [0, 0.05) is 18.7 Å². The lowest BCUT2D eigenvalue weighted by atomic mass is 10.0. The van der Waals surface area contributed by atoms with Crippen molar-refractivity contribution in [1.29, 1.82) is 0 Å². The van der Waals surface area contributed by atoms with Gasteiger partial charge in [-0.3, -0.25) is 4.68 Å². The van der Waals surface area contributed by atoms with Crippen molar-refractivity contribution >= 4 is 0 Å². The number of hydrogen-bond acceptors (Lipinski definition) is 2. The second-order valence-corrected chi connectivity index (χ2v) is 4.72. The Balaban J connectivity index is 2.15. The predicted molar refractivity (Wildman–Crippen MR) is 72.5 cm³/mol. The van der Waals surface area contributed by atoms with Crippen LogP contribution in [0, 0.1) is 13.8 Å². The second-order valence-electron chi connectivity index (χ2n) is 4.72. The number of aliphatic hydroxyl groups is 1. The fraction of sp³-hybridized carbons (Fsp3) is 0.400. The van der Waals surface area contributed by atoms with Gasteiger partial charge in [0.2, 0.25) is 0 Å². The van der Waals surface area contributed by atoms with Gasteiger partial charge in [-0.15, -0.1) is 0 Å². The summed E-state index contributed by atoms with van der Waals surface area (Å²) >= 11 is 0. The van der Waals surface area contributed by atoms with Crippen molar-refractivity contribution in [3.63, 3.8) is 0 Å². The molecule has 0 saturated heterocycles. The minimum atomic E-state index is -0.466. The van der Waals surface area contributed by atoms with Crippen molar-refractivity contribution in [2.75, 3.05) is 0 Å². The number of hydrogen-bond donors (Lipinski definition) is 1. The number of aliphatic hydroxyl groups excluding tert-OH is 1. The minimum Gasteiger partial charge on any atom is -0.388 e. The molecule has 96 valence electrons. The van der Waals surface area contributed by atoms with E-state index in [-0.39, 0.29) is 0 Å². The lowest BCUT2D eigenvalue weighted by Gasteiger charge is -2.12. The highest BCUT2D eigenvalue weighted by molar-refractivity contribution is 5.24. The molecule has 0 amide bonds. The lowest BCUT2D eigenvalue weighted by Crippen LogP contribution is -2.08. The average molecular weight is 244 g/mol. The Labute approximate surface area is 108 Å². The average Bonchev–Trinajstić information content (AvgIpc) is 2.70. The van der Waals surface area contributed by atoms with Crippen molar-refractivity contribution in [3.05, 3.63) is 52.8 Å². The van der Waals surface area contributed by atoms with E-state index in [2.05, 4.69) is 12.0 Å². The maximum atomic E-state index is 10.3. The number of rotatable bonds is 4. The number of benzene rings is 1. The predicted octanol–water partition coefficient (Wildman–Crippen LogP) is 2.80. The molecule has 0 aliphatic rings. The Morgan fingerprint density at radius 3 is 2.50 bits per heavy atom. The van der Waals surface area contributed by atoms with Crippen LogP contribution in [-0.2, 0) is 13.0 Å². The van der Waals surface area contributed by atoms with E-state index < -0.39 is 6.10 Å². The second kappa shape index (κ2) is 5.36. The van der Waals surface area contributed by atoms with Crippen LogP contribution >= 0.6 is 0 Å². The number of aromatic nitrogens is 2. The molecule has 2 aromatic rings. The molecule has 0 aliphatic carbocycles. The topological polar surface area (TPSA) is 38.0 Å². The van der Waals surface area contributed by atoms with E-state index >= 15 is 0 Å². The highest BCUT2D eigenvalue weighted by Crippen LogP contribution is 2.19. The van der Waals surface area contributed by atoms with Crippen LogP contribution in [0.15, 0.2) is 30.3 Å². The standard InChI is InChI=1S/C15H20N2O/c1-4-17-14(9-12(3)16-17)10-15(18)13-7-5-11(2)6-8-13/h5-9,15,18H,4,10H2,1-3H3. The van der Waals surface area contributed by atoms with Gasteiger partial charge in [0.1, 0.15) is 0 Å². The minimum absolute atomic E-state index is 0.466. The van der Waals surface area contributed by atoms with Crippen molar-refractivity contribution in [2.45, 2.75) is 39.8 Å². The number of nitrogens with zero attached hydrogens (tertiary/aromatic N) is 2. The quantitative estimate of drug-likeness (QED) is 0.898. The van der Waals surface area contributed by atoms with Gasteiger partial charge in [-0.1, -0.05) is 29.8 Å². The van der Waals surface area contributed by atoms with Crippen molar-refractivity contribution < 1.29 is 5.11 Å². The summed E-state index contributed by atoms with van der Waals surface area (Å²) < 4.78 is 1.95. The summed E-state index contributed by atoms with van der Waals surface area (Å²) in [4.78, 5) is 0. The van der Waals surface area contributed by atoms with Crippen LogP contribution in [0.25, 0.3) is 0 Å². The smallest absolute Gasteiger partial charge is 0.0845 e. The lowest BCUT2D eigenvalue weighted by molar-refractivity contribution is 0.175. The van der Waals surface area contributed by atoms with E-state index in [9.17, 15) is 5.11 Å². The Morgan fingerprint density at radius 1 is 1.22 bits per heavy atom. The first-order chi connectivity index (χ1) is 8.60. The first-order valence-corrected chi connectivity index (χ1v) is 6.38. The Kier molecular flexibility index (Phi) is 3.82. The van der Waals surface area contributed by atoms with Crippen LogP contribution in [0.4, 0.5) is 0 Å². The van der Waals surface area contributed by atoms with E-state index in [1.807, 2.05) is 48.9 Å². The van der Waals surface area contributed by atoms with Crippen molar-refractivity contribution in [1.82, 2.24) is 9.78 Å². The van der Waals surface area contributed by atoms with Gasteiger partial charge in [0.25, 0.3) is 0 Å². The molecule has 18 heavy (non-hydrogen) atoms. The van der Waals surface area contributed by atoms with Crippen LogP contribution in [0.1, 0.15) is 35.5 Å². The maximum Gasteiger partial charge on any atom is 0.0845 e. The van der Waals surface area contributed by atoms with Crippen molar-refractivity contribution in [3.8, 4) is 0 Å². The summed E-state index contributed by atoms with van der Waals surface area (Å²) in [6, 6.07) is 10.1. The molecule has 0 fully saturated rings. The molecular weight excluding hydrogens is 224 g/mol. The summed E-state index contributed by atoms with van der Waals surface area (Å²) in [7, 11) is 0. The Morgan fingerprint density at radius 2 is 1.89 bits per heavy atom. The maximum absolute atomic E-state index is 10.3. The van der Waals surface area contributed by atoms with Gasteiger partial charge < -0.3 is 5.11 Å². The summed E-state index contributed by atoms with van der Waals surface area (Å²) in [6.07, 6.45) is 0.143. The van der Waals surface area contributed by atoms with Crippen LogP contribution < -0.4 is 0 Å². The zero-order chi connectivity index (χ0) is 13.1. The fourth-order valence-electron chi connectivity index (χ4n) is 2.14. The largest absolute Gasteiger partial charge is 0.388 e. The third-order valence-electron chi connectivity index (χ3n) is 3.15. The van der Waals surface area contributed by atoms with Gasteiger partial charge >= 0.3 is 0 Å². The van der Waals surface area contributed by atoms with E-state index in [0.717, 1.165) is 23.5 Å². The summed E-state index contributed by atoms with van der Waals surface area (Å²) in [5.41, 5.74) is 4.26.